The standard InChI is InChI=1S/C15H20ClN3O3S/c16-11-1-2-13-12(9-11)19(15(22)23-13)10-14(21)18-5-3-17(4-6-18)7-8-20/h1-2,9,12-13,20H,3-8,10H2. The highest BCUT2D eigenvalue weighted by Crippen LogP contribution is 2.36. The quantitative estimate of drug-likeness (QED) is 0.803. The topological polar surface area (TPSA) is 64.1 Å². The fraction of sp³-hybridized carbons (Fsp3) is 0.600. The van der Waals surface area contributed by atoms with Gasteiger partial charge in [-0.2, -0.15) is 0 Å². The Hall–Kier alpha value is -1.02. The summed E-state index contributed by atoms with van der Waals surface area (Å²) in [5, 5.41) is 9.53. The van der Waals surface area contributed by atoms with Crippen LogP contribution in [0.1, 0.15) is 0 Å². The first-order valence-electron chi connectivity index (χ1n) is 7.72. The molecule has 0 spiro atoms. The third-order valence-corrected chi connectivity index (χ3v) is 5.79. The molecule has 0 aromatic heterocycles. The van der Waals surface area contributed by atoms with Crippen molar-refractivity contribution in [3.63, 3.8) is 0 Å². The summed E-state index contributed by atoms with van der Waals surface area (Å²) >= 11 is 7.28. The average Bonchev–Trinajstić information content (AvgIpc) is 2.84. The van der Waals surface area contributed by atoms with Crippen LogP contribution in [0.5, 0.6) is 0 Å². The molecule has 3 aliphatic rings. The highest BCUT2D eigenvalue weighted by atomic mass is 35.5. The lowest BCUT2D eigenvalue weighted by Crippen LogP contribution is -2.52. The van der Waals surface area contributed by atoms with E-state index in [2.05, 4.69) is 4.90 Å². The molecule has 0 aromatic rings. The molecule has 23 heavy (non-hydrogen) atoms. The molecule has 1 aliphatic carbocycles. The summed E-state index contributed by atoms with van der Waals surface area (Å²) in [6.45, 7) is 3.67. The number of halogens is 1. The number of piperazine rings is 1. The maximum absolute atomic E-state index is 12.5. The lowest BCUT2D eigenvalue weighted by atomic mass is 10.1. The van der Waals surface area contributed by atoms with E-state index in [9.17, 15) is 9.59 Å². The Labute approximate surface area is 144 Å². The number of hydrogen-bond acceptors (Lipinski definition) is 5. The minimum absolute atomic E-state index is 0.0256. The summed E-state index contributed by atoms with van der Waals surface area (Å²) in [6.07, 6.45) is 5.57. The summed E-state index contributed by atoms with van der Waals surface area (Å²) in [5.74, 6) is -0.0256. The van der Waals surface area contributed by atoms with Crippen molar-refractivity contribution in [2.45, 2.75) is 11.3 Å². The highest BCUT2D eigenvalue weighted by molar-refractivity contribution is 8.14. The molecule has 0 saturated carbocycles. The molecule has 1 N–H and O–H groups in total. The normalized spacial score (nSPS) is 28.1. The molecular formula is C15H20ClN3O3S. The largest absolute Gasteiger partial charge is 0.395 e. The van der Waals surface area contributed by atoms with E-state index >= 15 is 0 Å². The molecule has 126 valence electrons. The van der Waals surface area contributed by atoms with Crippen molar-refractivity contribution >= 4 is 34.5 Å². The zero-order valence-corrected chi connectivity index (χ0v) is 14.3. The van der Waals surface area contributed by atoms with Gasteiger partial charge >= 0.3 is 0 Å². The van der Waals surface area contributed by atoms with Crippen LogP contribution in [0.25, 0.3) is 0 Å². The molecule has 0 aromatic carbocycles. The van der Waals surface area contributed by atoms with E-state index in [0.717, 1.165) is 13.1 Å². The van der Waals surface area contributed by atoms with Gasteiger partial charge in [0.15, 0.2) is 0 Å². The summed E-state index contributed by atoms with van der Waals surface area (Å²) in [4.78, 5) is 30.2. The Kier molecular flexibility index (Phi) is 5.31. The molecule has 3 rings (SSSR count). The zero-order chi connectivity index (χ0) is 16.4. The van der Waals surface area contributed by atoms with Gasteiger partial charge in [-0.3, -0.25) is 14.5 Å². The lowest BCUT2D eigenvalue weighted by molar-refractivity contribution is -0.133. The van der Waals surface area contributed by atoms with Crippen LogP contribution in [-0.2, 0) is 4.79 Å². The molecule has 2 fully saturated rings. The molecule has 6 nitrogen and oxygen atoms in total. The number of β-amino-alcohol motifs (C(OH)–C–C–N with tert-alkyl or cyclic N) is 1. The van der Waals surface area contributed by atoms with E-state index in [0.29, 0.717) is 24.7 Å². The number of rotatable bonds is 4. The van der Waals surface area contributed by atoms with Crippen LogP contribution >= 0.6 is 23.4 Å². The van der Waals surface area contributed by atoms with Gasteiger partial charge in [0.25, 0.3) is 5.24 Å². The number of allylic oxidation sites excluding steroid dienone is 2. The molecule has 2 heterocycles. The van der Waals surface area contributed by atoms with Gasteiger partial charge in [-0.1, -0.05) is 29.4 Å². The van der Waals surface area contributed by atoms with E-state index < -0.39 is 0 Å². The SMILES string of the molecule is O=C(CN1C(=O)SC2C=CC(Cl)=CC21)N1CCN(CCO)CC1. The van der Waals surface area contributed by atoms with Crippen molar-refractivity contribution in [1.29, 1.82) is 0 Å². The van der Waals surface area contributed by atoms with E-state index in [-0.39, 0.29) is 35.6 Å². The van der Waals surface area contributed by atoms with Gasteiger partial charge < -0.3 is 14.9 Å². The number of aliphatic hydroxyl groups excluding tert-OH is 1. The van der Waals surface area contributed by atoms with Crippen LogP contribution in [0, 0.1) is 0 Å². The van der Waals surface area contributed by atoms with Gasteiger partial charge in [0.2, 0.25) is 5.91 Å². The number of thioether (sulfide) groups is 1. The summed E-state index contributed by atoms with van der Waals surface area (Å²) in [7, 11) is 0. The van der Waals surface area contributed by atoms with Crippen LogP contribution in [0.15, 0.2) is 23.3 Å². The van der Waals surface area contributed by atoms with Crippen molar-refractivity contribution < 1.29 is 14.7 Å². The second-order valence-electron chi connectivity index (χ2n) is 5.82. The number of amides is 2. The van der Waals surface area contributed by atoms with Crippen LogP contribution in [0.2, 0.25) is 0 Å². The maximum Gasteiger partial charge on any atom is 0.283 e. The molecule has 2 atom stereocenters. The Morgan fingerprint density at radius 1 is 1.35 bits per heavy atom. The second-order valence-corrected chi connectivity index (χ2v) is 7.39. The van der Waals surface area contributed by atoms with E-state index in [1.165, 1.54) is 11.8 Å². The first kappa shape index (κ1) is 16.8. The minimum atomic E-state index is -0.135. The number of fused-ring (bicyclic) bond motifs is 1. The van der Waals surface area contributed by atoms with Gasteiger partial charge in [0.05, 0.1) is 17.9 Å². The van der Waals surface area contributed by atoms with Crippen molar-refractivity contribution in [2.75, 3.05) is 45.9 Å². The van der Waals surface area contributed by atoms with Gasteiger partial charge in [0.1, 0.15) is 6.54 Å². The first-order chi connectivity index (χ1) is 11.1. The number of hydrogen-bond donors (Lipinski definition) is 1. The Morgan fingerprint density at radius 2 is 2.09 bits per heavy atom. The Balaban J connectivity index is 1.58. The molecule has 2 unspecified atom stereocenters. The minimum Gasteiger partial charge on any atom is -0.395 e. The monoisotopic (exact) mass is 357 g/mol. The number of carbonyl (C=O) groups excluding carboxylic acids is 2. The third-order valence-electron chi connectivity index (χ3n) is 4.39. The van der Waals surface area contributed by atoms with Gasteiger partial charge in [-0.25, -0.2) is 0 Å². The van der Waals surface area contributed by atoms with Gasteiger partial charge in [-0.15, -0.1) is 0 Å². The van der Waals surface area contributed by atoms with E-state index in [1.807, 2.05) is 12.2 Å². The number of carbonyl (C=O) groups is 2. The van der Waals surface area contributed by atoms with E-state index in [1.54, 1.807) is 15.9 Å². The van der Waals surface area contributed by atoms with Crippen LogP contribution < -0.4 is 0 Å². The molecular weight excluding hydrogens is 338 g/mol. The number of nitrogens with zero attached hydrogens (tertiary/aromatic N) is 3. The fourth-order valence-corrected chi connectivity index (χ4v) is 4.35. The summed E-state index contributed by atoms with van der Waals surface area (Å²) < 4.78 is 0. The molecule has 2 aliphatic heterocycles. The zero-order valence-electron chi connectivity index (χ0n) is 12.7. The summed E-state index contributed by atoms with van der Waals surface area (Å²) in [5.41, 5.74) is 0. The van der Waals surface area contributed by atoms with Crippen molar-refractivity contribution in [1.82, 2.24) is 14.7 Å². The number of aliphatic hydroxyl groups is 1. The molecule has 8 heteroatoms. The van der Waals surface area contributed by atoms with Gasteiger partial charge in [0, 0.05) is 37.8 Å². The first-order valence-corrected chi connectivity index (χ1v) is 8.98. The second kappa shape index (κ2) is 7.25. The smallest absolute Gasteiger partial charge is 0.283 e. The molecule has 0 bridgehead atoms. The predicted molar refractivity (Wildman–Crippen MR) is 90.5 cm³/mol. The van der Waals surface area contributed by atoms with Crippen molar-refractivity contribution in [3.05, 3.63) is 23.3 Å². The van der Waals surface area contributed by atoms with E-state index in [4.69, 9.17) is 16.7 Å². The van der Waals surface area contributed by atoms with Crippen molar-refractivity contribution in [2.24, 2.45) is 0 Å². The van der Waals surface area contributed by atoms with Crippen LogP contribution in [-0.4, -0.2) is 88.1 Å². The average molecular weight is 358 g/mol. The fourth-order valence-electron chi connectivity index (χ4n) is 3.07. The van der Waals surface area contributed by atoms with Crippen molar-refractivity contribution in [3.8, 4) is 0 Å². The highest BCUT2D eigenvalue weighted by Gasteiger charge is 2.41. The van der Waals surface area contributed by atoms with Gasteiger partial charge in [-0.05, 0) is 12.2 Å². The molecule has 2 saturated heterocycles. The summed E-state index contributed by atoms with van der Waals surface area (Å²) in [6, 6.07) is -0.135. The Bertz CT molecular complexity index is 546. The van der Waals surface area contributed by atoms with Crippen LogP contribution in [0.4, 0.5) is 4.79 Å². The molecule has 0 radical (unpaired) electrons. The Morgan fingerprint density at radius 3 is 2.78 bits per heavy atom. The lowest BCUT2D eigenvalue weighted by Gasteiger charge is -2.35. The molecule has 2 amide bonds. The third kappa shape index (κ3) is 3.74. The maximum atomic E-state index is 12.5. The van der Waals surface area contributed by atoms with Crippen LogP contribution in [0.3, 0.4) is 0 Å². The predicted octanol–water partition coefficient (Wildman–Crippen LogP) is 0.721.